The van der Waals surface area contributed by atoms with Gasteiger partial charge < -0.3 is 45.0 Å². The number of hydrogen-bond acceptors (Lipinski definition) is 10. The van der Waals surface area contributed by atoms with E-state index in [2.05, 4.69) is 21.3 Å². The molecule has 4 N–H and O–H groups in total. The van der Waals surface area contributed by atoms with Crippen LogP contribution < -0.4 is 21.3 Å². The second-order valence-corrected chi connectivity index (χ2v) is 12.2. The summed E-state index contributed by atoms with van der Waals surface area (Å²) in [4.78, 5) is 61.4. The highest BCUT2D eigenvalue weighted by Crippen LogP contribution is 2.44. The fourth-order valence-electron chi connectivity index (χ4n) is 5.05. The third-order valence-corrected chi connectivity index (χ3v) is 7.21. The molecule has 1 aliphatic carbocycles. The monoisotopic (exact) mass is 684 g/mol. The Labute approximate surface area is 286 Å². The highest BCUT2D eigenvalue weighted by molar-refractivity contribution is 5.83. The number of ether oxygens (including phenoxy) is 5. The van der Waals surface area contributed by atoms with Crippen molar-refractivity contribution in [1.82, 2.24) is 21.3 Å². The van der Waals surface area contributed by atoms with Crippen molar-refractivity contribution >= 4 is 29.8 Å². The number of benzene rings is 2. The zero-order valence-corrected chi connectivity index (χ0v) is 28.6. The van der Waals surface area contributed by atoms with Gasteiger partial charge in [0.1, 0.15) is 31.5 Å². The van der Waals surface area contributed by atoms with Gasteiger partial charge in [0, 0.05) is 39.1 Å². The molecule has 0 spiro atoms. The topological polar surface area (TPSA) is 180 Å². The van der Waals surface area contributed by atoms with Gasteiger partial charge in [0.25, 0.3) is 0 Å². The minimum absolute atomic E-state index is 0.00122. The molecule has 0 aliphatic heterocycles. The number of nitrogens with one attached hydrogen (secondary N) is 4. The van der Waals surface area contributed by atoms with Crippen LogP contribution in [-0.4, -0.2) is 108 Å². The third-order valence-electron chi connectivity index (χ3n) is 7.21. The van der Waals surface area contributed by atoms with Gasteiger partial charge in [0.05, 0.1) is 19.8 Å². The number of hydrogen-bond donors (Lipinski definition) is 4. The van der Waals surface area contributed by atoms with Crippen molar-refractivity contribution in [2.45, 2.75) is 51.2 Å². The highest BCUT2D eigenvalue weighted by atomic mass is 16.6. The lowest BCUT2D eigenvalue weighted by molar-refractivity contribution is -0.157. The Morgan fingerprint density at radius 1 is 0.735 bits per heavy atom. The molecule has 0 saturated carbocycles. The van der Waals surface area contributed by atoms with Gasteiger partial charge in [-0.2, -0.15) is 0 Å². The Bertz CT molecular complexity index is 1370. The van der Waals surface area contributed by atoms with E-state index >= 15 is 0 Å². The SMILES string of the molecule is COCC(=O)NCCNC(=O)COCCOCCNC(=O)CC[C@H](NC(=O)OCC1c2ccccc2-c2ccccc21)C(=O)OC(C)(C)C. The lowest BCUT2D eigenvalue weighted by Gasteiger charge is -2.24. The first kappa shape index (κ1) is 38.9. The smallest absolute Gasteiger partial charge is 0.407 e. The van der Waals surface area contributed by atoms with Crippen LogP contribution in [0.25, 0.3) is 11.1 Å². The zero-order chi connectivity index (χ0) is 35.6. The Morgan fingerprint density at radius 2 is 1.31 bits per heavy atom. The molecule has 0 fully saturated rings. The molecule has 1 atom stereocenters. The number of fused-ring (bicyclic) bond motifs is 3. The van der Waals surface area contributed by atoms with E-state index in [1.807, 2.05) is 48.5 Å². The van der Waals surface area contributed by atoms with Crippen molar-refractivity contribution in [3.8, 4) is 11.1 Å². The van der Waals surface area contributed by atoms with Crippen LogP contribution >= 0.6 is 0 Å². The van der Waals surface area contributed by atoms with Gasteiger partial charge in [-0.25, -0.2) is 9.59 Å². The van der Waals surface area contributed by atoms with Crippen LogP contribution in [0.1, 0.15) is 50.7 Å². The lowest BCUT2D eigenvalue weighted by atomic mass is 9.98. The van der Waals surface area contributed by atoms with Crippen molar-refractivity contribution < 1.29 is 47.7 Å². The zero-order valence-electron chi connectivity index (χ0n) is 28.6. The number of alkyl carbamates (subject to hydrolysis) is 1. The first-order chi connectivity index (χ1) is 23.5. The third kappa shape index (κ3) is 13.8. The summed E-state index contributed by atoms with van der Waals surface area (Å²) in [6, 6.07) is 14.9. The predicted octanol–water partition coefficient (Wildman–Crippen LogP) is 2.04. The lowest BCUT2D eigenvalue weighted by Crippen LogP contribution is -2.45. The molecular weight excluding hydrogens is 636 g/mol. The van der Waals surface area contributed by atoms with Crippen molar-refractivity contribution in [2.24, 2.45) is 0 Å². The summed E-state index contributed by atoms with van der Waals surface area (Å²) in [5.74, 6) is -1.74. The molecule has 0 aromatic heterocycles. The molecule has 4 amide bonds. The molecule has 0 bridgehead atoms. The van der Waals surface area contributed by atoms with Crippen molar-refractivity contribution in [1.29, 1.82) is 0 Å². The molecule has 14 heteroatoms. The van der Waals surface area contributed by atoms with Crippen LogP contribution in [0.2, 0.25) is 0 Å². The molecule has 2 aromatic rings. The predicted molar refractivity (Wildman–Crippen MR) is 180 cm³/mol. The summed E-state index contributed by atoms with van der Waals surface area (Å²) in [6.07, 6.45) is -0.832. The fraction of sp³-hybridized carbons (Fsp3) is 0.514. The summed E-state index contributed by atoms with van der Waals surface area (Å²) in [5, 5.41) is 10.5. The summed E-state index contributed by atoms with van der Waals surface area (Å²) in [6.45, 7) is 6.37. The molecule has 1 aliphatic rings. The van der Waals surface area contributed by atoms with E-state index in [0.717, 1.165) is 22.3 Å². The summed E-state index contributed by atoms with van der Waals surface area (Å²) in [7, 11) is 1.42. The molecule has 0 radical (unpaired) electrons. The molecule has 268 valence electrons. The van der Waals surface area contributed by atoms with Gasteiger partial charge >= 0.3 is 12.1 Å². The van der Waals surface area contributed by atoms with E-state index in [-0.39, 0.29) is 95.8 Å². The Hall–Kier alpha value is -4.53. The molecule has 14 nitrogen and oxygen atoms in total. The molecule has 0 heterocycles. The van der Waals surface area contributed by atoms with Crippen LogP contribution in [0.5, 0.6) is 0 Å². The van der Waals surface area contributed by atoms with Crippen LogP contribution in [0.4, 0.5) is 4.79 Å². The quantitative estimate of drug-likeness (QED) is 0.119. The Balaban J connectivity index is 1.34. The minimum Gasteiger partial charge on any atom is -0.458 e. The maximum Gasteiger partial charge on any atom is 0.407 e. The van der Waals surface area contributed by atoms with Crippen LogP contribution in [0, 0.1) is 0 Å². The second-order valence-electron chi connectivity index (χ2n) is 12.2. The molecule has 0 saturated heterocycles. The number of methoxy groups -OCH3 is 1. The number of carbonyl (C=O) groups excluding carboxylic acids is 5. The molecule has 3 rings (SSSR count). The second kappa shape index (κ2) is 20.1. The maximum atomic E-state index is 12.9. The average molecular weight is 685 g/mol. The molecule has 2 aromatic carbocycles. The number of amides is 4. The number of esters is 1. The maximum absolute atomic E-state index is 12.9. The van der Waals surface area contributed by atoms with E-state index in [1.54, 1.807) is 20.8 Å². The molecule has 0 unspecified atom stereocenters. The van der Waals surface area contributed by atoms with Crippen molar-refractivity contribution in [3.63, 3.8) is 0 Å². The van der Waals surface area contributed by atoms with E-state index < -0.39 is 23.7 Å². The van der Waals surface area contributed by atoms with Crippen LogP contribution in [0.3, 0.4) is 0 Å². The Morgan fingerprint density at radius 3 is 1.92 bits per heavy atom. The molecular formula is C35H48N4O10. The van der Waals surface area contributed by atoms with Crippen molar-refractivity contribution in [2.75, 3.05) is 66.4 Å². The largest absolute Gasteiger partial charge is 0.458 e. The van der Waals surface area contributed by atoms with Crippen LogP contribution in [0.15, 0.2) is 48.5 Å². The van der Waals surface area contributed by atoms with Gasteiger partial charge in [-0.05, 0) is 49.4 Å². The van der Waals surface area contributed by atoms with Gasteiger partial charge in [-0.3, -0.25) is 14.4 Å². The Kier molecular flexibility index (Phi) is 16.0. The van der Waals surface area contributed by atoms with E-state index in [9.17, 15) is 24.0 Å². The van der Waals surface area contributed by atoms with Gasteiger partial charge in [-0.15, -0.1) is 0 Å². The van der Waals surface area contributed by atoms with E-state index in [1.165, 1.54) is 7.11 Å². The van der Waals surface area contributed by atoms with Gasteiger partial charge in [0.2, 0.25) is 17.7 Å². The van der Waals surface area contributed by atoms with E-state index in [0.29, 0.717) is 0 Å². The summed E-state index contributed by atoms with van der Waals surface area (Å²) in [5.41, 5.74) is 3.53. The number of rotatable bonds is 20. The van der Waals surface area contributed by atoms with Gasteiger partial charge in [0.15, 0.2) is 0 Å². The standard InChI is InChI=1S/C35H48N4O10/c1-35(2,3)49-33(43)29(39-34(44)48-21-28-26-11-7-5-9-24(26)25-10-6-8-12-27(25)28)13-14-30(40)38-17-18-46-19-20-47-23-32(42)37-16-15-36-31(41)22-45-4/h5-12,28-29H,13-23H2,1-4H3,(H,36,41)(H,37,42)(H,38,40)(H,39,44)/t29-/m0/s1. The summed E-state index contributed by atoms with van der Waals surface area (Å²) < 4.78 is 26.5. The first-order valence-corrected chi connectivity index (χ1v) is 16.3. The van der Waals surface area contributed by atoms with Gasteiger partial charge in [-0.1, -0.05) is 48.5 Å². The number of carbonyl (C=O) groups is 5. The van der Waals surface area contributed by atoms with Crippen molar-refractivity contribution in [3.05, 3.63) is 59.7 Å². The average Bonchev–Trinajstić information content (AvgIpc) is 3.38. The first-order valence-electron chi connectivity index (χ1n) is 16.3. The fourth-order valence-corrected chi connectivity index (χ4v) is 5.05. The summed E-state index contributed by atoms with van der Waals surface area (Å²) >= 11 is 0. The highest BCUT2D eigenvalue weighted by Gasteiger charge is 2.31. The molecule has 49 heavy (non-hydrogen) atoms. The van der Waals surface area contributed by atoms with E-state index in [4.69, 9.17) is 23.7 Å². The minimum atomic E-state index is -1.10. The van der Waals surface area contributed by atoms with Crippen LogP contribution in [-0.2, 0) is 42.9 Å². The normalized spacial score (nSPS) is 12.7.